The summed E-state index contributed by atoms with van der Waals surface area (Å²) in [4.78, 5) is 11.7. The number of hydrogen-bond acceptors (Lipinski definition) is 4. The third kappa shape index (κ3) is 4.84. The molecule has 0 unspecified atom stereocenters. The molecule has 0 fully saturated rings. The Bertz CT molecular complexity index is 694. The number of amides is 1. The molecule has 4 nitrogen and oxygen atoms in total. The number of nitrogens with one attached hydrogen (secondary N) is 1. The normalized spacial score (nSPS) is 11.3. The number of rotatable bonds is 6. The average molecular weight is 344 g/mol. The van der Waals surface area contributed by atoms with Crippen LogP contribution in [0, 0.1) is 0 Å². The van der Waals surface area contributed by atoms with Crippen LogP contribution in [0.1, 0.15) is 12.0 Å². The Morgan fingerprint density at radius 3 is 2.52 bits per heavy atom. The molecule has 0 atom stereocenters. The summed E-state index contributed by atoms with van der Waals surface area (Å²) < 4.78 is 24.1. The van der Waals surface area contributed by atoms with Gasteiger partial charge < -0.3 is 5.32 Å². The number of benzene rings is 1. The molecule has 1 N–H and O–H groups in total. The first kappa shape index (κ1) is 16.0. The van der Waals surface area contributed by atoms with Crippen LogP contribution < -0.4 is 5.32 Å². The fourth-order valence-electron chi connectivity index (χ4n) is 1.66. The molecule has 0 aliphatic heterocycles. The highest BCUT2D eigenvalue weighted by Gasteiger charge is 2.17. The van der Waals surface area contributed by atoms with Gasteiger partial charge in [-0.15, -0.1) is 11.3 Å². The van der Waals surface area contributed by atoms with Crippen LogP contribution >= 0.6 is 22.9 Å². The van der Waals surface area contributed by atoms with Gasteiger partial charge in [-0.25, -0.2) is 8.42 Å². The van der Waals surface area contributed by atoms with Crippen molar-refractivity contribution < 1.29 is 13.2 Å². The first-order valence-corrected chi connectivity index (χ1v) is 9.16. The van der Waals surface area contributed by atoms with E-state index in [1.807, 2.05) is 12.1 Å². The maximum absolute atomic E-state index is 11.9. The first-order chi connectivity index (χ1) is 9.97. The molecule has 1 aromatic heterocycles. The zero-order valence-electron chi connectivity index (χ0n) is 11.1. The van der Waals surface area contributed by atoms with Crippen molar-refractivity contribution in [3.63, 3.8) is 0 Å². The lowest BCUT2D eigenvalue weighted by molar-refractivity contribution is -0.120. The number of hydrogen-bond donors (Lipinski definition) is 1. The van der Waals surface area contributed by atoms with E-state index in [9.17, 15) is 13.2 Å². The minimum absolute atomic E-state index is 0.0478. The van der Waals surface area contributed by atoms with Crippen LogP contribution in [0.5, 0.6) is 0 Å². The number of thiophene rings is 1. The SMILES string of the molecule is O=C(CCS(=O)(=O)c1cccs1)NCc1ccc(Cl)cc1. The third-order valence-electron chi connectivity index (χ3n) is 2.80. The Balaban J connectivity index is 1.81. The average Bonchev–Trinajstić information content (AvgIpc) is 3.00. The summed E-state index contributed by atoms with van der Waals surface area (Å²) in [5, 5.41) is 5.03. The maximum Gasteiger partial charge on any atom is 0.221 e. The van der Waals surface area contributed by atoms with Gasteiger partial charge in [-0.05, 0) is 29.1 Å². The van der Waals surface area contributed by atoms with Gasteiger partial charge in [-0.1, -0.05) is 29.8 Å². The fraction of sp³-hybridized carbons (Fsp3) is 0.214. The van der Waals surface area contributed by atoms with E-state index in [1.54, 1.807) is 29.6 Å². The molecule has 112 valence electrons. The Morgan fingerprint density at radius 2 is 1.90 bits per heavy atom. The lowest BCUT2D eigenvalue weighted by Gasteiger charge is -2.06. The van der Waals surface area contributed by atoms with E-state index in [2.05, 4.69) is 5.32 Å². The van der Waals surface area contributed by atoms with Gasteiger partial charge in [0.1, 0.15) is 4.21 Å². The van der Waals surface area contributed by atoms with Gasteiger partial charge in [0.25, 0.3) is 0 Å². The molecule has 0 aliphatic carbocycles. The molecule has 0 spiro atoms. The van der Waals surface area contributed by atoms with E-state index in [0.29, 0.717) is 15.8 Å². The second kappa shape index (κ2) is 7.06. The van der Waals surface area contributed by atoms with Gasteiger partial charge >= 0.3 is 0 Å². The largest absolute Gasteiger partial charge is 0.352 e. The molecule has 0 aliphatic rings. The number of halogens is 1. The van der Waals surface area contributed by atoms with Gasteiger partial charge in [0.05, 0.1) is 5.75 Å². The summed E-state index contributed by atoms with van der Waals surface area (Å²) in [7, 11) is -3.36. The molecular weight excluding hydrogens is 330 g/mol. The maximum atomic E-state index is 11.9. The molecule has 0 bridgehead atoms. The standard InChI is InChI=1S/C14H14ClNO3S2/c15-12-5-3-11(4-6-12)10-16-13(17)7-9-21(18,19)14-2-1-8-20-14/h1-6,8H,7,9-10H2,(H,16,17). The van der Waals surface area contributed by atoms with Crippen LogP contribution in [0.15, 0.2) is 46.0 Å². The predicted octanol–water partition coefficient (Wildman–Crippen LogP) is 2.88. The molecule has 2 aromatic rings. The van der Waals surface area contributed by atoms with Crippen molar-refractivity contribution in [1.29, 1.82) is 0 Å². The summed E-state index contributed by atoms with van der Waals surface area (Å²) >= 11 is 6.93. The van der Waals surface area contributed by atoms with E-state index in [0.717, 1.165) is 16.9 Å². The number of sulfone groups is 1. The van der Waals surface area contributed by atoms with Crippen molar-refractivity contribution in [2.24, 2.45) is 0 Å². The molecule has 1 heterocycles. The summed E-state index contributed by atoms with van der Waals surface area (Å²) in [6.45, 7) is 0.356. The van der Waals surface area contributed by atoms with Gasteiger partial charge in [0.2, 0.25) is 5.91 Å². The second-order valence-corrected chi connectivity index (χ2v) is 8.12. The smallest absolute Gasteiger partial charge is 0.221 e. The van der Waals surface area contributed by atoms with Crippen molar-refractivity contribution in [3.05, 3.63) is 52.4 Å². The highest BCUT2D eigenvalue weighted by Crippen LogP contribution is 2.18. The minimum atomic E-state index is -3.36. The molecule has 0 saturated carbocycles. The van der Waals surface area contributed by atoms with Crippen LogP contribution in [0.3, 0.4) is 0 Å². The summed E-state index contributed by atoms with van der Waals surface area (Å²) in [5.41, 5.74) is 0.911. The van der Waals surface area contributed by atoms with Gasteiger partial charge in [0.15, 0.2) is 9.84 Å². The third-order valence-corrected chi connectivity index (χ3v) is 6.26. The summed E-state index contributed by atoms with van der Waals surface area (Å²) in [5.74, 6) is -0.468. The van der Waals surface area contributed by atoms with Crippen molar-refractivity contribution >= 4 is 38.7 Å². The molecule has 1 aromatic carbocycles. The van der Waals surface area contributed by atoms with Crippen LogP contribution in [0.25, 0.3) is 0 Å². The highest BCUT2D eigenvalue weighted by molar-refractivity contribution is 7.93. The lowest BCUT2D eigenvalue weighted by atomic mass is 10.2. The van der Waals surface area contributed by atoms with E-state index in [1.165, 1.54) is 0 Å². The van der Waals surface area contributed by atoms with E-state index < -0.39 is 9.84 Å². The van der Waals surface area contributed by atoms with Crippen LogP contribution in [-0.4, -0.2) is 20.1 Å². The minimum Gasteiger partial charge on any atom is -0.352 e. The zero-order chi connectivity index (χ0) is 15.3. The topological polar surface area (TPSA) is 63.2 Å². The van der Waals surface area contributed by atoms with E-state index >= 15 is 0 Å². The molecule has 0 saturated heterocycles. The summed E-state index contributed by atoms with van der Waals surface area (Å²) in [6, 6.07) is 10.3. The fourth-order valence-corrected chi connectivity index (χ4v) is 4.18. The molecule has 1 amide bonds. The molecule has 21 heavy (non-hydrogen) atoms. The first-order valence-electron chi connectivity index (χ1n) is 6.25. The van der Waals surface area contributed by atoms with Gasteiger partial charge in [-0.2, -0.15) is 0 Å². The predicted molar refractivity (Wildman–Crippen MR) is 84.3 cm³/mol. The summed E-state index contributed by atoms with van der Waals surface area (Å²) in [6.07, 6.45) is -0.0478. The number of carbonyl (C=O) groups excluding carboxylic acids is 1. The van der Waals surface area contributed by atoms with Crippen molar-refractivity contribution in [2.45, 2.75) is 17.2 Å². The highest BCUT2D eigenvalue weighted by atomic mass is 35.5. The quantitative estimate of drug-likeness (QED) is 0.877. The zero-order valence-corrected chi connectivity index (χ0v) is 13.5. The van der Waals surface area contributed by atoms with Crippen LogP contribution in [-0.2, 0) is 21.2 Å². The second-order valence-electron chi connectivity index (χ2n) is 4.40. The van der Waals surface area contributed by atoms with Crippen molar-refractivity contribution in [2.75, 3.05) is 5.75 Å². The number of carbonyl (C=O) groups is 1. The molecule has 2 rings (SSSR count). The molecular formula is C14H14ClNO3S2. The van der Waals surface area contributed by atoms with E-state index in [-0.39, 0.29) is 18.1 Å². The Morgan fingerprint density at radius 1 is 1.19 bits per heavy atom. The lowest BCUT2D eigenvalue weighted by Crippen LogP contribution is -2.25. The molecule has 7 heteroatoms. The Hall–Kier alpha value is -1.37. The van der Waals surface area contributed by atoms with Gasteiger partial charge in [0, 0.05) is 18.0 Å². The van der Waals surface area contributed by atoms with Crippen LogP contribution in [0.4, 0.5) is 0 Å². The Kier molecular flexibility index (Phi) is 5.39. The molecule has 0 radical (unpaired) electrons. The van der Waals surface area contributed by atoms with Gasteiger partial charge in [-0.3, -0.25) is 4.79 Å². The van der Waals surface area contributed by atoms with Crippen molar-refractivity contribution in [3.8, 4) is 0 Å². The van der Waals surface area contributed by atoms with Crippen molar-refractivity contribution in [1.82, 2.24) is 5.32 Å². The monoisotopic (exact) mass is 343 g/mol. The Labute approximate surface area is 132 Å². The van der Waals surface area contributed by atoms with Crippen LogP contribution in [0.2, 0.25) is 5.02 Å². The van der Waals surface area contributed by atoms with E-state index in [4.69, 9.17) is 11.6 Å².